The van der Waals surface area contributed by atoms with Gasteiger partial charge in [-0.05, 0) is 6.07 Å². The molecule has 0 heterocycles. The summed E-state index contributed by atoms with van der Waals surface area (Å²) in [5.74, 6) is -2.15. The Morgan fingerprint density at radius 3 is 2.58 bits per heavy atom. The van der Waals surface area contributed by atoms with Gasteiger partial charge in [0.1, 0.15) is 0 Å². The predicted molar refractivity (Wildman–Crippen MR) is 45.3 cm³/mol. The van der Waals surface area contributed by atoms with E-state index in [1.807, 2.05) is 0 Å². The number of rotatable bonds is 1. The summed E-state index contributed by atoms with van der Waals surface area (Å²) >= 11 is 3.00. The molecule has 0 atom stereocenters. The van der Waals surface area contributed by atoms with E-state index in [1.54, 1.807) is 0 Å². The molecular formula is C7H7BrFNO2. The molecule has 3 nitrogen and oxygen atoms in total. The maximum absolute atomic E-state index is 13.0. The molecule has 0 radical (unpaired) electrons. The first-order valence-electron chi connectivity index (χ1n) is 3.16. The largest absolute Gasteiger partial charge is 0.504 e. The molecule has 0 aromatic heterocycles. The van der Waals surface area contributed by atoms with Crippen molar-refractivity contribution in [2.75, 3.05) is 0 Å². The Balaban J connectivity index is 3.40. The van der Waals surface area contributed by atoms with Crippen molar-refractivity contribution in [3.05, 3.63) is 21.9 Å². The first-order chi connectivity index (χ1) is 5.57. The van der Waals surface area contributed by atoms with Crippen molar-refractivity contribution in [3.8, 4) is 11.5 Å². The second-order valence-corrected chi connectivity index (χ2v) is 3.08. The van der Waals surface area contributed by atoms with Gasteiger partial charge in [0.15, 0.2) is 17.3 Å². The van der Waals surface area contributed by atoms with E-state index in [0.717, 1.165) is 0 Å². The summed E-state index contributed by atoms with van der Waals surface area (Å²) < 4.78 is 13.3. The normalized spacial score (nSPS) is 10.2. The Kier molecular flexibility index (Phi) is 2.54. The van der Waals surface area contributed by atoms with Crippen molar-refractivity contribution in [1.29, 1.82) is 0 Å². The van der Waals surface area contributed by atoms with Gasteiger partial charge in [0.2, 0.25) is 0 Å². The zero-order valence-electron chi connectivity index (χ0n) is 6.01. The third kappa shape index (κ3) is 1.37. The van der Waals surface area contributed by atoms with Crippen LogP contribution in [-0.2, 0) is 6.54 Å². The highest BCUT2D eigenvalue weighted by Crippen LogP contribution is 2.34. The maximum Gasteiger partial charge on any atom is 0.194 e. The van der Waals surface area contributed by atoms with E-state index in [-0.39, 0.29) is 12.1 Å². The fourth-order valence-electron chi connectivity index (χ4n) is 0.823. The van der Waals surface area contributed by atoms with Gasteiger partial charge in [-0.1, -0.05) is 15.9 Å². The van der Waals surface area contributed by atoms with Crippen LogP contribution in [0.25, 0.3) is 0 Å². The van der Waals surface area contributed by atoms with Crippen LogP contribution in [0, 0.1) is 5.82 Å². The molecule has 1 aromatic carbocycles. The lowest BCUT2D eigenvalue weighted by Gasteiger charge is -2.06. The average molecular weight is 236 g/mol. The highest BCUT2D eigenvalue weighted by Gasteiger charge is 2.14. The van der Waals surface area contributed by atoms with E-state index in [4.69, 9.17) is 15.9 Å². The fraction of sp³-hybridized carbons (Fsp3) is 0.143. The summed E-state index contributed by atoms with van der Waals surface area (Å²) in [6.07, 6.45) is 0. The Labute approximate surface area is 76.8 Å². The quantitative estimate of drug-likeness (QED) is 0.646. The molecule has 66 valence electrons. The third-order valence-electron chi connectivity index (χ3n) is 1.47. The van der Waals surface area contributed by atoms with E-state index >= 15 is 0 Å². The molecule has 0 unspecified atom stereocenters. The van der Waals surface area contributed by atoms with Gasteiger partial charge < -0.3 is 15.9 Å². The third-order valence-corrected chi connectivity index (χ3v) is 2.18. The van der Waals surface area contributed by atoms with Crippen LogP contribution in [0.3, 0.4) is 0 Å². The summed E-state index contributed by atoms with van der Waals surface area (Å²) in [5.41, 5.74) is 5.35. The zero-order valence-corrected chi connectivity index (χ0v) is 7.60. The van der Waals surface area contributed by atoms with Crippen LogP contribution in [0.5, 0.6) is 11.5 Å². The molecule has 0 aliphatic rings. The first-order valence-corrected chi connectivity index (χ1v) is 3.96. The Morgan fingerprint density at radius 1 is 1.50 bits per heavy atom. The molecule has 5 heteroatoms. The van der Waals surface area contributed by atoms with Gasteiger partial charge in [0.05, 0.1) is 0 Å². The van der Waals surface area contributed by atoms with Crippen LogP contribution in [0.1, 0.15) is 5.56 Å². The van der Waals surface area contributed by atoms with E-state index in [0.29, 0.717) is 4.47 Å². The van der Waals surface area contributed by atoms with Gasteiger partial charge in [-0.15, -0.1) is 0 Å². The van der Waals surface area contributed by atoms with Gasteiger partial charge >= 0.3 is 0 Å². The van der Waals surface area contributed by atoms with Crippen molar-refractivity contribution in [2.45, 2.75) is 6.54 Å². The Bertz CT molecular complexity index is 317. The molecule has 0 aliphatic heterocycles. The summed E-state index contributed by atoms with van der Waals surface area (Å²) in [4.78, 5) is 0. The number of aromatic hydroxyl groups is 2. The molecule has 0 bridgehead atoms. The lowest BCUT2D eigenvalue weighted by atomic mass is 10.2. The zero-order chi connectivity index (χ0) is 9.30. The van der Waals surface area contributed by atoms with Crippen LogP contribution >= 0.6 is 15.9 Å². The van der Waals surface area contributed by atoms with E-state index in [1.165, 1.54) is 6.07 Å². The molecule has 0 aliphatic carbocycles. The minimum absolute atomic E-state index is 0.0414. The van der Waals surface area contributed by atoms with Crippen LogP contribution in [0.2, 0.25) is 0 Å². The summed E-state index contributed by atoms with van der Waals surface area (Å²) in [6, 6.07) is 1.20. The summed E-state index contributed by atoms with van der Waals surface area (Å²) in [7, 11) is 0. The second kappa shape index (κ2) is 3.28. The molecule has 4 N–H and O–H groups in total. The van der Waals surface area contributed by atoms with Crippen molar-refractivity contribution < 1.29 is 14.6 Å². The number of benzene rings is 1. The number of hydrogen-bond donors (Lipinski definition) is 3. The lowest BCUT2D eigenvalue weighted by Crippen LogP contribution is -2.01. The van der Waals surface area contributed by atoms with Crippen molar-refractivity contribution in [2.24, 2.45) is 5.73 Å². The van der Waals surface area contributed by atoms with Gasteiger partial charge in [-0.25, -0.2) is 4.39 Å². The second-order valence-electron chi connectivity index (χ2n) is 2.22. The highest BCUT2D eigenvalue weighted by molar-refractivity contribution is 9.10. The Hall–Kier alpha value is -0.810. The van der Waals surface area contributed by atoms with Crippen LogP contribution in [0.15, 0.2) is 10.5 Å². The first kappa shape index (κ1) is 9.28. The Morgan fingerprint density at radius 2 is 2.08 bits per heavy atom. The lowest BCUT2D eigenvalue weighted by molar-refractivity contribution is 0.376. The van der Waals surface area contributed by atoms with Crippen LogP contribution in [0.4, 0.5) is 4.39 Å². The number of hydrogen-bond acceptors (Lipinski definition) is 3. The fourth-order valence-corrected chi connectivity index (χ4v) is 1.38. The summed E-state index contributed by atoms with van der Waals surface area (Å²) in [5, 5.41) is 17.9. The van der Waals surface area contributed by atoms with Crippen molar-refractivity contribution >= 4 is 15.9 Å². The van der Waals surface area contributed by atoms with E-state index in [9.17, 15) is 4.39 Å². The molecule has 0 saturated carbocycles. The van der Waals surface area contributed by atoms with Gasteiger partial charge in [-0.2, -0.15) is 0 Å². The van der Waals surface area contributed by atoms with Gasteiger partial charge in [0, 0.05) is 16.6 Å². The van der Waals surface area contributed by atoms with Crippen molar-refractivity contribution in [1.82, 2.24) is 0 Å². The SMILES string of the molecule is NCc1c(Br)cc(O)c(O)c1F. The van der Waals surface area contributed by atoms with Crippen molar-refractivity contribution in [3.63, 3.8) is 0 Å². The summed E-state index contributed by atoms with van der Waals surface area (Å²) in [6.45, 7) is -0.0414. The molecule has 0 spiro atoms. The van der Waals surface area contributed by atoms with Crippen LogP contribution in [-0.4, -0.2) is 10.2 Å². The molecular weight excluding hydrogens is 229 g/mol. The molecule has 1 rings (SSSR count). The van der Waals surface area contributed by atoms with Gasteiger partial charge in [0.25, 0.3) is 0 Å². The van der Waals surface area contributed by atoms with Gasteiger partial charge in [-0.3, -0.25) is 0 Å². The van der Waals surface area contributed by atoms with E-state index in [2.05, 4.69) is 15.9 Å². The molecule has 1 aromatic rings. The average Bonchev–Trinajstić information content (AvgIpc) is 2.01. The standard InChI is InChI=1S/C7H7BrFNO2/c8-4-1-5(11)7(12)6(9)3(4)2-10/h1,11-12H,2,10H2. The molecule has 0 amide bonds. The maximum atomic E-state index is 13.0. The topological polar surface area (TPSA) is 66.5 Å². The molecule has 0 saturated heterocycles. The van der Waals surface area contributed by atoms with E-state index < -0.39 is 17.3 Å². The minimum Gasteiger partial charge on any atom is -0.504 e. The minimum atomic E-state index is -0.885. The molecule has 0 fully saturated rings. The predicted octanol–water partition coefficient (Wildman–Crippen LogP) is 1.46. The molecule has 12 heavy (non-hydrogen) atoms. The smallest absolute Gasteiger partial charge is 0.194 e. The monoisotopic (exact) mass is 235 g/mol. The highest BCUT2D eigenvalue weighted by atomic mass is 79.9. The number of phenols is 2. The number of halogens is 2. The number of nitrogens with two attached hydrogens (primary N) is 1. The number of phenolic OH excluding ortho intramolecular Hbond substituents is 2. The van der Waals surface area contributed by atoms with Crippen LogP contribution < -0.4 is 5.73 Å².